The molecular weight excluding hydrogens is 584 g/mol. The molecule has 0 fully saturated rings. The largest absolute Gasteiger partial charge is 0.478 e. The minimum Gasteiger partial charge on any atom is -0.478 e. The van der Waals surface area contributed by atoms with E-state index in [0.717, 1.165) is 30.4 Å². The van der Waals surface area contributed by atoms with E-state index in [4.69, 9.17) is 45.6 Å². The minimum absolute atomic E-state index is 0.148. The first-order valence-electron chi connectivity index (χ1n) is 11.4. The van der Waals surface area contributed by atoms with Crippen LogP contribution in [0.1, 0.15) is 6.92 Å². The summed E-state index contributed by atoms with van der Waals surface area (Å²) in [5.41, 5.74) is -2.37. The van der Waals surface area contributed by atoms with E-state index in [0.29, 0.717) is 0 Å². The first kappa shape index (κ1) is 51.5. The lowest BCUT2D eigenvalue weighted by molar-refractivity contribution is -0.132. The van der Waals surface area contributed by atoms with Crippen molar-refractivity contribution in [1.29, 1.82) is 0 Å². The summed E-state index contributed by atoms with van der Waals surface area (Å²) in [5.74, 6) is -4.91. The fourth-order valence-corrected chi connectivity index (χ4v) is 1.28. The Morgan fingerprint density at radius 3 is 0.884 bits per heavy atom. The van der Waals surface area contributed by atoms with E-state index < -0.39 is 79.8 Å². The van der Waals surface area contributed by atoms with Crippen molar-refractivity contribution in [3.8, 4) is 0 Å². The molecule has 0 aromatic heterocycles. The van der Waals surface area contributed by atoms with Gasteiger partial charge in [-0.25, -0.2) is 24.0 Å². The molecule has 0 aliphatic heterocycles. The fraction of sp³-hybridized carbons (Fsp3) is 0.423. The Labute approximate surface area is 248 Å². The molecule has 0 amide bonds. The van der Waals surface area contributed by atoms with Gasteiger partial charge in [0.15, 0.2) is 0 Å². The molecule has 11 N–H and O–H groups in total. The molecule has 0 saturated heterocycles. The first-order valence-corrected chi connectivity index (χ1v) is 11.4. The van der Waals surface area contributed by atoms with Crippen molar-refractivity contribution in [2.75, 3.05) is 46.2 Å². The number of carbonyl (C=O) groups is 5. The van der Waals surface area contributed by atoms with E-state index in [9.17, 15) is 39.3 Å². The van der Waals surface area contributed by atoms with Crippen LogP contribution >= 0.6 is 0 Å². The number of rotatable bonds is 15. The van der Waals surface area contributed by atoms with Crippen LogP contribution in [0.3, 0.4) is 0 Å². The second-order valence-electron chi connectivity index (χ2n) is 7.53. The highest BCUT2D eigenvalue weighted by atomic mass is 16.5. The third-order valence-corrected chi connectivity index (χ3v) is 4.19. The summed E-state index contributed by atoms with van der Waals surface area (Å²) < 4.78 is 5.22. The molecule has 0 spiro atoms. The van der Waals surface area contributed by atoms with Crippen molar-refractivity contribution in [3.05, 3.63) is 63.3 Å². The molecule has 17 heteroatoms. The zero-order chi connectivity index (χ0) is 35.7. The molecule has 0 heterocycles. The SMILES string of the molecule is C=CC(=O)O.C=CC(=O)O.C=CC(=O)O.C=CC(=O)O.C=CC(=O)O.CC(O)C(CO)(CO)COCC(CO)(CO)CO. The summed E-state index contributed by atoms with van der Waals surface area (Å²) in [6.07, 6.45) is 3.18. The Balaban J connectivity index is -0.000000112. The maximum atomic E-state index is 9.52. The third-order valence-electron chi connectivity index (χ3n) is 4.19. The van der Waals surface area contributed by atoms with Gasteiger partial charge < -0.3 is 60.9 Å². The molecule has 0 radical (unpaired) electrons. The van der Waals surface area contributed by atoms with Crippen LogP contribution in [0, 0.1) is 10.8 Å². The number of hydrogen-bond acceptors (Lipinski definition) is 12. The average Bonchev–Trinajstić information content (AvgIpc) is 2.99. The number of hydrogen-bond donors (Lipinski definition) is 11. The Morgan fingerprint density at radius 1 is 0.558 bits per heavy atom. The van der Waals surface area contributed by atoms with Crippen molar-refractivity contribution in [3.63, 3.8) is 0 Å². The maximum Gasteiger partial charge on any atom is 0.327 e. The van der Waals surface area contributed by atoms with Gasteiger partial charge in [0.05, 0.1) is 63.2 Å². The molecule has 0 saturated carbocycles. The van der Waals surface area contributed by atoms with E-state index >= 15 is 0 Å². The van der Waals surface area contributed by atoms with Crippen LogP contribution < -0.4 is 0 Å². The van der Waals surface area contributed by atoms with Crippen LogP contribution in [0.25, 0.3) is 0 Å². The van der Waals surface area contributed by atoms with E-state index in [-0.39, 0.29) is 13.2 Å². The van der Waals surface area contributed by atoms with Gasteiger partial charge >= 0.3 is 29.8 Å². The lowest BCUT2D eigenvalue weighted by Crippen LogP contribution is -2.46. The van der Waals surface area contributed by atoms with Gasteiger partial charge in [-0.1, -0.05) is 32.9 Å². The maximum absolute atomic E-state index is 9.52. The number of ether oxygens (including phenoxy) is 1. The molecule has 0 aromatic rings. The normalized spacial score (nSPS) is 9.93. The van der Waals surface area contributed by atoms with Gasteiger partial charge in [0.1, 0.15) is 0 Å². The minimum atomic E-state index is -1.20. The van der Waals surface area contributed by atoms with Crippen molar-refractivity contribution in [2.24, 2.45) is 10.8 Å². The highest BCUT2D eigenvalue weighted by Gasteiger charge is 2.36. The zero-order valence-electron chi connectivity index (χ0n) is 23.8. The molecule has 0 bridgehead atoms. The van der Waals surface area contributed by atoms with E-state index in [1.165, 1.54) is 6.92 Å². The number of aliphatic hydroxyl groups is 6. The first-order chi connectivity index (χ1) is 19.8. The average molecular weight is 629 g/mol. The molecule has 0 aliphatic carbocycles. The van der Waals surface area contributed by atoms with Crippen LogP contribution in [-0.2, 0) is 28.7 Å². The predicted octanol–water partition coefficient (Wildman–Crippen LogP) is -1.40. The van der Waals surface area contributed by atoms with E-state index in [1.54, 1.807) is 0 Å². The summed E-state index contributed by atoms with van der Waals surface area (Å²) in [5, 5.41) is 93.2. The highest BCUT2D eigenvalue weighted by molar-refractivity contribution is 5.80. The molecule has 1 unspecified atom stereocenters. The zero-order valence-corrected chi connectivity index (χ0v) is 23.8. The monoisotopic (exact) mass is 628 g/mol. The van der Waals surface area contributed by atoms with Crippen LogP contribution in [0.5, 0.6) is 0 Å². The molecule has 43 heavy (non-hydrogen) atoms. The molecule has 17 nitrogen and oxygen atoms in total. The van der Waals surface area contributed by atoms with Crippen LogP contribution in [-0.4, -0.2) is 138 Å². The van der Waals surface area contributed by atoms with Crippen molar-refractivity contribution < 1.29 is 84.9 Å². The predicted molar refractivity (Wildman–Crippen MR) is 152 cm³/mol. The Morgan fingerprint density at radius 2 is 0.767 bits per heavy atom. The van der Waals surface area contributed by atoms with Gasteiger partial charge in [-0.15, -0.1) is 0 Å². The van der Waals surface area contributed by atoms with Gasteiger partial charge in [-0.3, -0.25) is 0 Å². The molecule has 0 aliphatic rings. The fourth-order valence-electron chi connectivity index (χ4n) is 1.28. The second-order valence-corrected chi connectivity index (χ2v) is 7.53. The molecule has 1 atom stereocenters. The quantitative estimate of drug-likeness (QED) is 0.0929. The van der Waals surface area contributed by atoms with Crippen LogP contribution in [0.2, 0.25) is 0 Å². The van der Waals surface area contributed by atoms with Crippen LogP contribution in [0.15, 0.2) is 63.3 Å². The molecule has 0 rings (SSSR count). The highest BCUT2D eigenvalue weighted by Crippen LogP contribution is 2.23. The summed E-state index contributed by atoms with van der Waals surface area (Å²) in [4.78, 5) is 46.2. The number of carboxylic acids is 5. The summed E-state index contributed by atoms with van der Waals surface area (Å²) >= 11 is 0. The Hall–Kier alpha value is -4.23. The van der Waals surface area contributed by atoms with Crippen molar-refractivity contribution in [1.82, 2.24) is 0 Å². The van der Waals surface area contributed by atoms with E-state index in [2.05, 4.69) is 32.9 Å². The Bertz CT molecular complexity index is 713. The van der Waals surface area contributed by atoms with Crippen LogP contribution in [0.4, 0.5) is 0 Å². The topological polar surface area (TPSA) is 317 Å². The summed E-state index contributed by atoms with van der Waals surface area (Å²) in [6.45, 7) is 13.6. The van der Waals surface area contributed by atoms with Crippen molar-refractivity contribution >= 4 is 29.8 Å². The Kier molecular flexibility index (Phi) is 40.7. The van der Waals surface area contributed by atoms with Gasteiger partial charge in [0.2, 0.25) is 0 Å². The standard InChI is InChI=1S/C11H24O7.5C3H4O2/c1-9(17)11(5-15,6-16)8-18-7-10(2-12,3-13)4-14;5*1-2-3(4)5/h9,12-17H,2-8H2,1H3;5*2H,1H2,(H,4,5). The summed E-state index contributed by atoms with van der Waals surface area (Å²) in [6, 6.07) is 0. The number of carboxylic acid groups (broad SMARTS) is 5. The third kappa shape index (κ3) is 40.0. The summed E-state index contributed by atoms with van der Waals surface area (Å²) in [7, 11) is 0. The molecule has 0 aromatic carbocycles. The number of aliphatic hydroxyl groups excluding tert-OH is 6. The van der Waals surface area contributed by atoms with Gasteiger partial charge in [-0.2, -0.15) is 0 Å². The van der Waals surface area contributed by atoms with Gasteiger partial charge in [0, 0.05) is 30.4 Å². The molecular formula is C26H44O17. The molecule has 250 valence electrons. The smallest absolute Gasteiger partial charge is 0.327 e. The lowest BCUT2D eigenvalue weighted by atomic mass is 9.85. The van der Waals surface area contributed by atoms with E-state index in [1.807, 2.05) is 0 Å². The van der Waals surface area contributed by atoms with Crippen molar-refractivity contribution in [2.45, 2.75) is 13.0 Å². The number of aliphatic carboxylic acids is 5. The lowest BCUT2D eigenvalue weighted by Gasteiger charge is -2.34. The van der Waals surface area contributed by atoms with Gasteiger partial charge in [0.25, 0.3) is 0 Å². The van der Waals surface area contributed by atoms with Gasteiger partial charge in [-0.05, 0) is 6.92 Å². The second kappa shape index (κ2) is 34.0.